The van der Waals surface area contributed by atoms with Crippen LogP contribution in [0.5, 0.6) is 0 Å². The minimum atomic E-state index is -0.442. The highest BCUT2D eigenvalue weighted by molar-refractivity contribution is 6.08. The van der Waals surface area contributed by atoms with E-state index >= 15 is 0 Å². The van der Waals surface area contributed by atoms with E-state index in [2.05, 4.69) is 20.9 Å². The van der Waals surface area contributed by atoms with Crippen LogP contribution in [0.2, 0.25) is 0 Å². The average Bonchev–Trinajstić information content (AvgIpc) is 3.48. The van der Waals surface area contributed by atoms with Gasteiger partial charge in [-0.1, -0.05) is 78.4 Å². The van der Waals surface area contributed by atoms with E-state index in [-0.39, 0.29) is 0 Å². The summed E-state index contributed by atoms with van der Waals surface area (Å²) >= 11 is 0. The molecule has 5 rings (SSSR count). The molecule has 2 amide bonds. The molecule has 0 radical (unpaired) electrons. The van der Waals surface area contributed by atoms with Crippen molar-refractivity contribution in [3.8, 4) is 11.3 Å². The first-order valence-electron chi connectivity index (χ1n) is 10.9. The fourth-order valence-electron chi connectivity index (χ4n) is 3.87. The number of nitrogens with one attached hydrogen (secondary N) is 3. The standard InChI is InChI=1S/C27H23N5O2/c1-18-11-13-20(14-12-18)25-23(17-32(31-25)16-19-7-3-2-4-8-19)27(34)30-29-26(33)22-15-28-24-10-6-5-9-21(22)24/h2-15,17,28H,16H2,1H3,(H,29,33)(H,30,34). The molecule has 5 aromatic rings. The number of fused-ring (bicyclic) bond motifs is 1. The van der Waals surface area contributed by atoms with E-state index in [0.717, 1.165) is 27.6 Å². The lowest BCUT2D eigenvalue weighted by atomic mass is 10.1. The quantitative estimate of drug-likeness (QED) is 0.346. The van der Waals surface area contributed by atoms with Crippen LogP contribution in [0.15, 0.2) is 91.3 Å². The summed E-state index contributed by atoms with van der Waals surface area (Å²) in [5.74, 6) is -0.845. The zero-order valence-electron chi connectivity index (χ0n) is 18.6. The molecular formula is C27H23N5O2. The molecule has 0 bridgehead atoms. The lowest BCUT2D eigenvalue weighted by Gasteiger charge is -2.07. The van der Waals surface area contributed by atoms with Gasteiger partial charge in [-0.15, -0.1) is 0 Å². The SMILES string of the molecule is Cc1ccc(-c2nn(Cc3ccccc3)cc2C(=O)NNC(=O)c2c[nH]c3ccccc23)cc1. The number of hydrogen-bond acceptors (Lipinski definition) is 3. The Morgan fingerprint density at radius 1 is 0.853 bits per heavy atom. The Hall–Kier alpha value is -4.65. The first-order valence-corrected chi connectivity index (χ1v) is 10.9. The summed E-state index contributed by atoms with van der Waals surface area (Å²) in [5.41, 5.74) is 10.3. The van der Waals surface area contributed by atoms with Crippen LogP contribution in [-0.4, -0.2) is 26.6 Å². The van der Waals surface area contributed by atoms with Gasteiger partial charge in [0.2, 0.25) is 0 Å². The first-order chi connectivity index (χ1) is 16.6. The number of aromatic amines is 1. The van der Waals surface area contributed by atoms with Gasteiger partial charge in [0.15, 0.2) is 0 Å². The Kier molecular flexibility index (Phi) is 5.66. The Balaban J connectivity index is 1.39. The molecule has 0 saturated carbocycles. The van der Waals surface area contributed by atoms with Gasteiger partial charge < -0.3 is 4.98 Å². The molecule has 0 saturated heterocycles. The van der Waals surface area contributed by atoms with Crippen molar-refractivity contribution in [1.82, 2.24) is 25.6 Å². The van der Waals surface area contributed by atoms with Crippen molar-refractivity contribution < 1.29 is 9.59 Å². The van der Waals surface area contributed by atoms with E-state index in [1.165, 1.54) is 0 Å². The molecule has 0 spiro atoms. The molecule has 0 aliphatic carbocycles. The molecule has 0 unspecified atom stereocenters. The summed E-state index contributed by atoms with van der Waals surface area (Å²) in [6, 6.07) is 25.2. The van der Waals surface area contributed by atoms with E-state index < -0.39 is 11.8 Å². The highest BCUT2D eigenvalue weighted by Gasteiger charge is 2.20. The van der Waals surface area contributed by atoms with Crippen LogP contribution in [0.25, 0.3) is 22.2 Å². The molecule has 0 aliphatic heterocycles. The number of hydrazine groups is 1. The largest absolute Gasteiger partial charge is 0.360 e. The topological polar surface area (TPSA) is 91.8 Å². The molecule has 7 heteroatoms. The second kappa shape index (κ2) is 9.07. The summed E-state index contributed by atoms with van der Waals surface area (Å²) in [4.78, 5) is 28.9. The van der Waals surface area contributed by atoms with Crippen LogP contribution < -0.4 is 10.9 Å². The summed E-state index contributed by atoms with van der Waals surface area (Å²) < 4.78 is 1.74. The second-order valence-corrected chi connectivity index (χ2v) is 8.10. The van der Waals surface area contributed by atoms with E-state index in [1.54, 1.807) is 17.1 Å². The Morgan fingerprint density at radius 3 is 2.29 bits per heavy atom. The average molecular weight is 450 g/mol. The molecule has 0 atom stereocenters. The van der Waals surface area contributed by atoms with Crippen LogP contribution in [0.3, 0.4) is 0 Å². The fraction of sp³-hybridized carbons (Fsp3) is 0.0741. The number of benzene rings is 3. The summed E-state index contributed by atoms with van der Waals surface area (Å²) in [6.07, 6.45) is 3.33. The molecule has 0 fully saturated rings. The van der Waals surface area contributed by atoms with Crippen LogP contribution in [0, 0.1) is 6.92 Å². The normalized spacial score (nSPS) is 10.9. The van der Waals surface area contributed by atoms with Crippen molar-refractivity contribution in [3.05, 3.63) is 114 Å². The van der Waals surface area contributed by atoms with E-state index in [4.69, 9.17) is 0 Å². The molecule has 3 aromatic carbocycles. The number of hydrogen-bond donors (Lipinski definition) is 3. The maximum atomic E-state index is 13.1. The summed E-state index contributed by atoms with van der Waals surface area (Å²) in [7, 11) is 0. The molecule has 2 aromatic heterocycles. The van der Waals surface area contributed by atoms with Crippen LogP contribution >= 0.6 is 0 Å². The van der Waals surface area contributed by atoms with Gasteiger partial charge in [-0.25, -0.2) is 0 Å². The zero-order valence-corrected chi connectivity index (χ0v) is 18.6. The lowest BCUT2D eigenvalue weighted by molar-refractivity contribution is 0.0848. The first kappa shape index (κ1) is 21.2. The predicted molar refractivity (Wildman–Crippen MR) is 131 cm³/mol. The van der Waals surface area contributed by atoms with Gasteiger partial charge >= 0.3 is 0 Å². The Morgan fingerprint density at radius 2 is 1.53 bits per heavy atom. The van der Waals surface area contributed by atoms with Gasteiger partial charge in [0.05, 0.1) is 17.7 Å². The van der Waals surface area contributed by atoms with Gasteiger partial charge in [-0.3, -0.25) is 25.1 Å². The van der Waals surface area contributed by atoms with E-state index in [0.29, 0.717) is 23.4 Å². The number of rotatable bonds is 5. The number of amides is 2. The minimum Gasteiger partial charge on any atom is -0.360 e. The third-order valence-electron chi connectivity index (χ3n) is 5.64. The molecule has 2 heterocycles. The number of carbonyl (C=O) groups is 2. The lowest BCUT2D eigenvalue weighted by Crippen LogP contribution is -2.41. The number of aryl methyl sites for hydroxylation is 1. The number of nitrogens with zero attached hydrogens (tertiary/aromatic N) is 2. The van der Waals surface area contributed by atoms with Crippen molar-refractivity contribution in [2.75, 3.05) is 0 Å². The third-order valence-corrected chi connectivity index (χ3v) is 5.64. The summed E-state index contributed by atoms with van der Waals surface area (Å²) in [5, 5.41) is 5.47. The van der Waals surface area contributed by atoms with Crippen molar-refractivity contribution in [2.24, 2.45) is 0 Å². The molecule has 7 nitrogen and oxygen atoms in total. The van der Waals surface area contributed by atoms with E-state index in [1.807, 2.05) is 85.8 Å². The van der Waals surface area contributed by atoms with Gasteiger partial charge in [-0.2, -0.15) is 5.10 Å². The second-order valence-electron chi connectivity index (χ2n) is 8.10. The van der Waals surface area contributed by atoms with Gasteiger partial charge in [0.25, 0.3) is 11.8 Å². The van der Waals surface area contributed by atoms with Crippen molar-refractivity contribution >= 4 is 22.7 Å². The molecule has 0 aliphatic rings. The van der Waals surface area contributed by atoms with Crippen molar-refractivity contribution in [3.63, 3.8) is 0 Å². The maximum Gasteiger partial charge on any atom is 0.273 e. The predicted octanol–water partition coefficient (Wildman–Crippen LogP) is 4.46. The van der Waals surface area contributed by atoms with Gasteiger partial charge in [-0.05, 0) is 18.6 Å². The number of aromatic nitrogens is 3. The number of para-hydroxylation sites is 1. The van der Waals surface area contributed by atoms with Gasteiger partial charge in [0, 0.05) is 28.9 Å². The Labute approximate surface area is 196 Å². The smallest absolute Gasteiger partial charge is 0.273 e. The molecular weight excluding hydrogens is 426 g/mol. The molecule has 168 valence electrons. The minimum absolute atomic E-state index is 0.374. The number of carbonyl (C=O) groups excluding carboxylic acids is 2. The monoisotopic (exact) mass is 449 g/mol. The maximum absolute atomic E-state index is 13.1. The summed E-state index contributed by atoms with van der Waals surface area (Å²) in [6.45, 7) is 2.53. The zero-order chi connectivity index (χ0) is 23.5. The fourth-order valence-corrected chi connectivity index (χ4v) is 3.87. The van der Waals surface area contributed by atoms with Gasteiger partial charge in [0.1, 0.15) is 5.69 Å². The highest BCUT2D eigenvalue weighted by atomic mass is 16.2. The van der Waals surface area contributed by atoms with Crippen molar-refractivity contribution in [1.29, 1.82) is 0 Å². The van der Waals surface area contributed by atoms with Crippen molar-refractivity contribution in [2.45, 2.75) is 13.5 Å². The molecule has 3 N–H and O–H groups in total. The Bertz CT molecular complexity index is 1470. The van der Waals surface area contributed by atoms with Crippen LogP contribution in [0.1, 0.15) is 31.8 Å². The van der Waals surface area contributed by atoms with Crippen LogP contribution in [-0.2, 0) is 6.54 Å². The van der Waals surface area contributed by atoms with Crippen LogP contribution in [0.4, 0.5) is 0 Å². The molecule has 34 heavy (non-hydrogen) atoms. The number of H-pyrrole nitrogens is 1. The van der Waals surface area contributed by atoms with E-state index in [9.17, 15) is 9.59 Å². The third kappa shape index (κ3) is 4.31. The highest BCUT2D eigenvalue weighted by Crippen LogP contribution is 2.23.